The lowest BCUT2D eigenvalue weighted by atomic mass is 10.1. The molecule has 2 rings (SSSR count). The molecular weight excluding hydrogens is 188 g/mol. The number of benzene rings is 1. The third-order valence-corrected chi connectivity index (χ3v) is 3.02. The van der Waals surface area contributed by atoms with Crippen LogP contribution in [0.1, 0.15) is 39.7 Å². The van der Waals surface area contributed by atoms with Gasteiger partial charge in [-0.1, -0.05) is 45.9 Å². The van der Waals surface area contributed by atoms with Crippen molar-refractivity contribution in [3.05, 3.63) is 29.8 Å². The molecule has 0 bridgehead atoms. The molecule has 1 aliphatic heterocycles. The standard InChI is InChI=1S/C9H10S.2C2H6/c1-2-6-9-8(4-1)5-3-7-10-9;2*1-2/h1-2,4,6H,3,5,7H2;2*1-2H3. The Balaban J connectivity index is 0.000000379. The van der Waals surface area contributed by atoms with Crippen molar-refractivity contribution in [1.29, 1.82) is 0 Å². The summed E-state index contributed by atoms with van der Waals surface area (Å²) in [7, 11) is 0. The summed E-state index contributed by atoms with van der Waals surface area (Å²) in [5.74, 6) is 1.30. The van der Waals surface area contributed by atoms with E-state index in [1.165, 1.54) is 23.5 Å². The lowest BCUT2D eigenvalue weighted by Gasteiger charge is -2.13. The third-order valence-electron chi connectivity index (χ3n) is 1.82. The number of thioether (sulfide) groups is 1. The summed E-state index contributed by atoms with van der Waals surface area (Å²) >= 11 is 1.99. The second kappa shape index (κ2) is 9.14. The Labute approximate surface area is 93.1 Å². The second-order valence-corrected chi connectivity index (χ2v) is 3.70. The minimum absolute atomic E-state index is 1.28. The van der Waals surface area contributed by atoms with Crippen LogP contribution in [0.25, 0.3) is 0 Å². The molecule has 0 amide bonds. The third kappa shape index (κ3) is 4.19. The molecule has 0 aromatic heterocycles. The quantitative estimate of drug-likeness (QED) is 0.594. The minimum Gasteiger partial charge on any atom is -0.126 e. The van der Waals surface area contributed by atoms with Crippen LogP contribution in [0.2, 0.25) is 0 Å². The van der Waals surface area contributed by atoms with E-state index < -0.39 is 0 Å². The van der Waals surface area contributed by atoms with Gasteiger partial charge in [0, 0.05) is 4.90 Å². The number of hydrogen-bond acceptors (Lipinski definition) is 1. The topological polar surface area (TPSA) is 0 Å². The lowest BCUT2D eigenvalue weighted by Crippen LogP contribution is -1.96. The summed E-state index contributed by atoms with van der Waals surface area (Å²) in [6, 6.07) is 8.71. The average molecular weight is 210 g/mol. The summed E-state index contributed by atoms with van der Waals surface area (Å²) in [6.07, 6.45) is 2.63. The lowest BCUT2D eigenvalue weighted by molar-refractivity contribution is 0.890. The highest BCUT2D eigenvalue weighted by Gasteiger charge is 2.06. The van der Waals surface area contributed by atoms with Gasteiger partial charge >= 0.3 is 0 Å². The van der Waals surface area contributed by atoms with Crippen molar-refractivity contribution < 1.29 is 0 Å². The summed E-state index contributed by atoms with van der Waals surface area (Å²) in [6.45, 7) is 8.00. The smallest absolute Gasteiger partial charge is 0.0104 e. The Morgan fingerprint density at radius 3 is 2.29 bits per heavy atom. The summed E-state index contributed by atoms with van der Waals surface area (Å²) < 4.78 is 0. The Kier molecular flexibility index (Phi) is 8.86. The van der Waals surface area contributed by atoms with Crippen molar-refractivity contribution in [3.63, 3.8) is 0 Å². The van der Waals surface area contributed by atoms with E-state index in [4.69, 9.17) is 0 Å². The maximum atomic E-state index is 2.24. The van der Waals surface area contributed by atoms with Gasteiger partial charge in [0.25, 0.3) is 0 Å². The zero-order valence-corrected chi connectivity index (χ0v) is 10.7. The van der Waals surface area contributed by atoms with Crippen LogP contribution in [0, 0.1) is 0 Å². The number of fused-ring (bicyclic) bond motifs is 1. The molecule has 0 saturated carbocycles. The van der Waals surface area contributed by atoms with Gasteiger partial charge in [-0.05, 0) is 30.2 Å². The molecule has 1 aliphatic rings. The summed E-state index contributed by atoms with van der Waals surface area (Å²) in [5, 5.41) is 0. The van der Waals surface area contributed by atoms with Crippen LogP contribution in [0.4, 0.5) is 0 Å². The fraction of sp³-hybridized carbons (Fsp3) is 0.538. The first-order valence-corrected chi connectivity index (χ1v) is 6.66. The molecule has 1 aromatic rings. The Morgan fingerprint density at radius 2 is 1.64 bits per heavy atom. The zero-order chi connectivity index (χ0) is 10.8. The predicted molar refractivity (Wildman–Crippen MR) is 68.2 cm³/mol. The van der Waals surface area contributed by atoms with Crippen molar-refractivity contribution >= 4 is 11.8 Å². The first kappa shape index (κ1) is 13.6. The normalized spacial score (nSPS) is 12.6. The van der Waals surface area contributed by atoms with Crippen LogP contribution in [-0.4, -0.2) is 5.75 Å². The van der Waals surface area contributed by atoms with Crippen molar-refractivity contribution in [2.75, 3.05) is 5.75 Å². The van der Waals surface area contributed by atoms with Gasteiger partial charge in [0.2, 0.25) is 0 Å². The Bertz CT molecular complexity index is 205. The van der Waals surface area contributed by atoms with Crippen LogP contribution in [0.3, 0.4) is 0 Å². The second-order valence-electron chi connectivity index (χ2n) is 2.56. The molecule has 0 radical (unpaired) electrons. The van der Waals surface area contributed by atoms with E-state index in [-0.39, 0.29) is 0 Å². The van der Waals surface area contributed by atoms with Crippen molar-refractivity contribution in [2.45, 2.75) is 45.4 Å². The van der Waals surface area contributed by atoms with E-state index in [1.807, 2.05) is 39.5 Å². The maximum Gasteiger partial charge on any atom is 0.0104 e. The van der Waals surface area contributed by atoms with E-state index in [2.05, 4.69) is 24.3 Å². The molecule has 1 heterocycles. The molecule has 80 valence electrons. The molecule has 0 atom stereocenters. The molecule has 0 nitrogen and oxygen atoms in total. The van der Waals surface area contributed by atoms with E-state index in [0.717, 1.165) is 0 Å². The van der Waals surface area contributed by atoms with E-state index in [0.29, 0.717) is 0 Å². The van der Waals surface area contributed by atoms with E-state index in [1.54, 1.807) is 5.56 Å². The van der Waals surface area contributed by atoms with Crippen molar-refractivity contribution in [3.8, 4) is 0 Å². The minimum atomic E-state index is 1.28. The SMILES string of the molecule is CC.CC.c1ccc2c(c1)CCCS2. The van der Waals surface area contributed by atoms with Crippen LogP contribution < -0.4 is 0 Å². The van der Waals surface area contributed by atoms with Crippen molar-refractivity contribution in [2.24, 2.45) is 0 Å². The maximum absolute atomic E-state index is 2.24. The first-order chi connectivity index (χ1) is 6.97. The van der Waals surface area contributed by atoms with Gasteiger partial charge in [0.1, 0.15) is 0 Å². The van der Waals surface area contributed by atoms with Crippen molar-refractivity contribution in [1.82, 2.24) is 0 Å². The summed E-state index contributed by atoms with van der Waals surface area (Å²) in [4.78, 5) is 1.49. The molecule has 0 fully saturated rings. The van der Waals surface area contributed by atoms with Gasteiger partial charge in [0.05, 0.1) is 0 Å². The highest BCUT2D eigenvalue weighted by Crippen LogP contribution is 2.28. The van der Waals surface area contributed by atoms with Gasteiger partial charge in [0.15, 0.2) is 0 Å². The highest BCUT2D eigenvalue weighted by molar-refractivity contribution is 7.99. The number of rotatable bonds is 0. The fourth-order valence-corrected chi connectivity index (χ4v) is 2.33. The summed E-state index contributed by atoms with van der Waals surface area (Å²) in [5.41, 5.74) is 1.54. The van der Waals surface area contributed by atoms with Crippen LogP contribution in [-0.2, 0) is 6.42 Å². The van der Waals surface area contributed by atoms with Gasteiger partial charge in [-0.25, -0.2) is 0 Å². The van der Waals surface area contributed by atoms with Crippen LogP contribution >= 0.6 is 11.8 Å². The average Bonchev–Trinajstić information content (AvgIpc) is 2.34. The zero-order valence-electron chi connectivity index (χ0n) is 9.84. The highest BCUT2D eigenvalue weighted by atomic mass is 32.2. The largest absolute Gasteiger partial charge is 0.126 e. The fourth-order valence-electron chi connectivity index (χ4n) is 1.30. The van der Waals surface area contributed by atoms with E-state index in [9.17, 15) is 0 Å². The van der Waals surface area contributed by atoms with Gasteiger partial charge in [-0.15, -0.1) is 11.8 Å². The number of aryl methyl sites for hydroxylation is 1. The molecule has 0 N–H and O–H groups in total. The Hall–Kier alpha value is -0.430. The molecule has 14 heavy (non-hydrogen) atoms. The Morgan fingerprint density at radius 1 is 1.00 bits per heavy atom. The molecule has 1 heteroatoms. The predicted octanol–water partition coefficient (Wildman–Crippen LogP) is 4.78. The number of hydrogen-bond donors (Lipinski definition) is 0. The van der Waals surface area contributed by atoms with Gasteiger partial charge < -0.3 is 0 Å². The monoisotopic (exact) mass is 210 g/mol. The molecule has 0 unspecified atom stereocenters. The molecular formula is C13H22S. The molecule has 1 aromatic carbocycles. The first-order valence-electron chi connectivity index (χ1n) is 5.67. The molecule has 0 spiro atoms. The van der Waals surface area contributed by atoms with Gasteiger partial charge in [-0.3, -0.25) is 0 Å². The van der Waals surface area contributed by atoms with Crippen LogP contribution in [0.15, 0.2) is 29.2 Å². The van der Waals surface area contributed by atoms with Crippen LogP contribution in [0.5, 0.6) is 0 Å². The molecule has 0 saturated heterocycles. The van der Waals surface area contributed by atoms with E-state index >= 15 is 0 Å². The van der Waals surface area contributed by atoms with Gasteiger partial charge in [-0.2, -0.15) is 0 Å². The molecule has 0 aliphatic carbocycles.